The van der Waals surface area contributed by atoms with Crippen LogP contribution in [0.3, 0.4) is 0 Å². The van der Waals surface area contributed by atoms with E-state index in [1.165, 1.54) is 5.57 Å². The Morgan fingerprint density at radius 3 is 2.89 bits per heavy atom. The van der Waals surface area contributed by atoms with E-state index < -0.39 is 0 Å². The molecule has 1 aliphatic rings. The van der Waals surface area contributed by atoms with Crippen molar-refractivity contribution in [3.63, 3.8) is 0 Å². The number of aromatic nitrogens is 1. The number of carbonyl (C=O) groups excluding carboxylic acids is 1. The zero-order chi connectivity index (χ0) is 13.0. The highest BCUT2D eigenvalue weighted by atomic mass is 16.1. The van der Waals surface area contributed by atoms with Gasteiger partial charge in [0.1, 0.15) is 0 Å². The van der Waals surface area contributed by atoms with E-state index in [9.17, 15) is 4.79 Å². The lowest BCUT2D eigenvalue weighted by molar-refractivity contribution is 0.112. The summed E-state index contributed by atoms with van der Waals surface area (Å²) in [6, 6.07) is 3.67. The quantitative estimate of drug-likeness (QED) is 0.823. The minimum atomic E-state index is 0.594. The van der Waals surface area contributed by atoms with Crippen molar-refractivity contribution in [3.05, 3.63) is 59.6 Å². The fourth-order valence-electron chi connectivity index (χ4n) is 2.15. The second-order valence-electron chi connectivity index (χ2n) is 4.07. The Labute approximate surface area is 107 Å². The van der Waals surface area contributed by atoms with E-state index in [-0.39, 0.29) is 0 Å². The average molecular weight is 240 g/mol. The molecule has 3 heteroatoms. The summed E-state index contributed by atoms with van der Waals surface area (Å²) in [6.07, 6.45) is 7.26. The molecule has 0 aliphatic carbocycles. The minimum absolute atomic E-state index is 0.594. The zero-order valence-electron chi connectivity index (χ0n) is 10.4. The van der Waals surface area contributed by atoms with Crippen LogP contribution in [0.15, 0.2) is 48.3 Å². The SMILES string of the molecule is C=CC1=C(/C(=C\C)c2ccc(C=O)cn2)CCN1. The molecule has 0 unspecified atom stereocenters. The van der Waals surface area contributed by atoms with Crippen molar-refractivity contribution < 1.29 is 4.79 Å². The Hall–Kier alpha value is -2.16. The Balaban J connectivity index is 2.40. The smallest absolute Gasteiger partial charge is 0.151 e. The second-order valence-corrected chi connectivity index (χ2v) is 4.07. The molecule has 0 saturated heterocycles. The van der Waals surface area contributed by atoms with Crippen molar-refractivity contribution >= 4 is 11.9 Å². The van der Waals surface area contributed by atoms with Crippen molar-refractivity contribution in [2.24, 2.45) is 0 Å². The van der Waals surface area contributed by atoms with Crippen molar-refractivity contribution in [3.8, 4) is 0 Å². The van der Waals surface area contributed by atoms with Crippen LogP contribution in [-0.4, -0.2) is 17.8 Å². The summed E-state index contributed by atoms with van der Waals surface area (Å²) in [6.45, 7) is 6.74. The molecule has 0 bridgehead atoms. The molecule has 1 aliphatic heterocycles. The average Bonchev–Trinajstić information content (AvgIpc) is 2.89. The first-order chi connectivity index (χ1) is 8.80. The van der Waals surface area contributed by atoms with Crippen LogP contribution in [-0.2, 0) is 0 Å². The van der Waals surface area contributed by atoms with Crippen LogP contribution in [0.5, 0.6) is 0 Å². The fourth-order valence-corrected chi connectivity index (χ4v) is 2.15. The lowest BCUT2D eigenvalue weighted by Crippen LogP contribution is -2.04. The molecule has 0 amide bonds. The first kappa shape index (κ1) is 12.3. The number of allylic oxidation sites excluding steroid dienone is 3. The summed E-state index contributed by atoms with van der Waals surface area (Å²) >= 11 is 0. The molecule has 0 atom stereocenters. The van der Waals surface area contributed by atoms with Gasteiger partial charge in [0.05, 0.1) is 5.69 Å². The Bertz CT molecular complexity index is 524. The van der Waals surface area contributed by atoms with Gasteiger partial charge in [-0.1, -0.05) is 12.7 Å². The second kappa shape index (κ2) is 5.45. The van der Waals surface area contributed by atoms with Gasteiger partial charge in [0.25, 0.3) is 0 Å². The lowest BCUT2D eigenvalue weighted by Gasteiger charge is -2.09. The molecule has 2 heterocycles. The molecule has 0 radical (unpaired) electrons. The number of carbonyl (C=O) groups is 1. The predicted octanol–water partition coefficient (Wildman–Crippen LogP) is 2.73. The van der Waals surface area contributed by atoms with E-state index in [1.807, 2.05) is 19.1 Å². The predicted molar refractivity (Wildman–Crippen MR) is 73.1 cm³/mol. The molecule has 3 nitrogen and oxygen atoms in total. The van der Waals surface area contributed by atoms with Crippen molar-refractivity contribution in [2.45, 2.75) is 13.3 Å². The number of rotatable bonds is 4. The summed E-state index contributed by atoms with van der Waals surface area (Å²) in [5.74, 6) is 0. The topological polar surface area (TPSA) is 42.0 Å². The Kier molecular flexibility index (Phi) is 3.72. The zero-order valence-corrected chi connectivity index (χ0v) is 10.4. The van der Waals surface area contributed by atoms with Crippen LogP contribution >= 0.6 is 0 Å². The third-order valence-corrected chi connectivity index (χ3v) is 3.03. The molecule has 1 N–H and O–H groups in total. The van der Waals surface area contributed by atoms with Crippen molar-refractivity contribution in [1.82, 2.24) is 10.3 Å². The van der Waals surface area contributed by atoms with Crippen LogP contribution < -0.4 is 5.32 Å². The van der Waals surface area contributed by atoms with Gasteiger partial charge in [-0.15, -0.1) is 0 Å². The third-order valence-electron chi connectivity index (χ3n) is 3.03. The largest absolute Gasteiger partial charge is 0.384 e. The molecule has 2 rings (SSSR count). The maximum Gasteiger partial charge on any atom is 0.151 e. The number of nitrogens with zero attached hydrogens (tertiary/aromatic N) is 1. The summed E-state index contributed by atoms with van der Waals surface area (Å²) in [5.41, 5.74) is 4.90. The highest BCUT2D eigenvalue weighted by Crippen LogP contribution is 2.29. The van der Waals surface area contributed by atoms with E-state index in [1.54, 1.807) is 12.3 Å². The van der Waals surface area contributed by atoms with Crippen molar-refractivity contribution in [2.75, 3.05) is 6.54 Å². The number of pyridine rings is 1. The molecule has 0 spiro atoms. The van der Waals surface area contributed by atoms with Gasteiger partial charge in [0, 0.05) is 29.6 Å². The standard InChI is InChI=1S/C15H16N2O/c1-3-12(13-7-8-16-14(13)4-2)15-6-5-11(10-18)9-17-15/h3-6,9-10,16H,2,7-8H2,1H3/b12-3+. The van der Waals surface area contributed by atoms with Crippen LogP contribution in [0.1, 0.15) is 29.4 Å². The molecule has 18 heavy (non-hydrogen) atoms. The van der Waals surface area contributed by atoms with Gasteiger partial charge in [0.15, 0.2) is 6.29 Å². The van der Waals surface area contributed by atoms with E-state index in [0.717, 1.165) is 36.2 Å². The van der Waals surface area contributed by atoms with E-state index in [4.69, 9.17) is 0 Å². The summed E-state index contributed by atoms with van der Waals surface area (Å²) < 4.78 is 0. The van der Waals surface area contributed by atoms with Gasteiger partial charge >= 0.3 is 0 Å². The van der Waals surface area contributed by atoms with Gasteiger partial charge in [-0.3, -0.25) is 9.78 Å². The number of hydrogen-bond donors (Lipinski definition) is 1. The molecule has 0 fully saturated rings. The monoisotopic (exact) mass is 240 g/mol. The maximum atomic E-state index is 10.6. The molecular weight excluding hydrogens is 224 g/mol. The lowest BCUT2D eigenvalue weighted by atomic mass is 9.99. The van der Waals surface area contributed by atoms with Gasteiger partial charge in [-0.05, 0) is 37.1 Å². The summed E-state index contributed by atoms with van der Waals surface area (Å²) in [7, 11) is 0. The fraction of sp³-hybridized carbons (Fsp3) is 0.200. The molecular formula is C15H16N2O. The summed E-state index contributed by atoms with van der Waals surface area (Å²) in [4.78, 5) is 15.0. The van der Waals surface area contributed by atoms with Crippen LogP contribution in [0.4, 0.5) is 0 Å². The van der Waals surface area contributed by atoms with E-state index in [0.29, 0.717) is 5.56 Å². The van der Waals surface area contributed by atoms with Crippen LogP contribution in [0.25, 0.3) is 5.57 Å². The van der Waals surface area contributed by atoms with Gasteiger partial charge in [-0.25, -0.2) is 0 Å². The molecule has 1 aromatic rings. The van der Waals surface area contributed by atoms with Crippen LogP contribution in [0, 0.1) is 0 Å². The maximum absolute atomic E-state index is 10.6. The van der Waals surface area contributed by atoms with Gasteiger partial charge < -0.3 is 5.32 Å². The highest BCUT2D eigenvalue weighted by molar-refractivity contribution is 5.80. The number of aldehydes is 1. The van der Waals surface area contributed by atoms with Crippen molar-refractivity contribution in [1.29, 1.82) is 0 Å². The Morgan fingerprint density at radius 1 is 1.50 bits per heavy atom. The molecule has 1 aromatic heterocycles. The highest BCUT2D eigenvalue weighted by Gasteiger charge is 2.17. The first-order valence-electron chi connectivity index (χ1n) is 5.98. The number of nitrogens with one attached hydrogen (secondary N) is 1. The Morgan fingerprint density at radius 2 is 2.33 bits per heavy atom. The third kappa shape index (κ3) is 2.25. The van der Waals surface area contributed by atoms with E-state index >= 15 is 0 Å². The molecule has 0 aromatic carbocycles. The first-order valence-corrected chi connectivity index (χ1v) is 5.98. The minimum Gasteiger partial charge on any atom is -0.384 e. The van der Waals surface area contributed by atoms with E-state index in [2.05, 4.69) is 23.0 Å². The number of hydrogen-bond acceptors (Lipinski definition) is 3. The van der Waals surface area contributed by atoms with Gasteiger partial charge in [-0.2, -0.15) is 0 Å². The molecule has 92 valence electrons. The van der Waals surface area contributed by atoms with Gasteiger partial charge in [0.2, 0.25) is 0 Å². The van der Waals surface area contributed by atoms with Crippen LogP contribution in [0.2, 0.25) is 0 Å². The normalized spacial score (nSPS) is 15.5. The molecule has 0 saturated carbocycles. The summed E-state index contributed by atoms with van der Waals surface area (Å²) in [5, 5.41) is 3.30.